The van der Waals surface area contributed by atoms with Gasteiger partial charge in [-0.05, 0) is 69.3 Å². The van der Waals surface area contributed by atoms with E-state index >= 15 is 0 Å². The van der Waals surface area contributed by atoms with Crippen LogP contribution >= 0.6 is 11.3 Å². The molecule has 0 N–H and O–H groups in total. The fourth-order valence-electron chi connectivity index (χ4n) is 8.96. The van der Waals surface area contributed by atoms with E-state index in [2.05, 4.69) is 139 Å². The Hall–Kier alpha value is -6.30. The molecule has 12 rings (SSSR count). The van der Waals surface area contributed by atoms with Crippen LogP contribution in [0, 0.1) is 0 Å². The SMILES string of the molecule is CC1CC=Cc2ccc3c(c21)c1c2ccccc2c2c4ccccc4sc2c1n3-c1nc(-c2ccc3ccccc3c2)c2c(n1)oc1ccccc12. The number of hydrogen-bond donors (Lipinski definition) is 0. The molecule has 1 aliphatic rings. The van der Waals surface area contributed by atoms with Gasteiger partial charge in [0.2, 0.25) is 11.7 Å². The number of aromatic nitrogens is 3. The molecule has 0 amide bonds. The van der Waals surface area contributed by atoms with Crippen molar-refractivity contribution in [2.24, 2.45) is 0 Å². The lowest BCUT2D eigenvalue weighted by Crippen LogP contribution is -2.04. The molecular weight excluding hydrogens is 655 g/mol. The highest BCUT2D eigenvalue weighted by Crippen LogP contribution is 2.50. The van der Waals surface area contributed by atoms with E-state index in [1.165, 1.54) is 63.6 Å². The number of allylic oxidation sites excluding steroid dienone is 1. The lowest BCUT2D eigenvalue weighted by molar-refractivity contribution is 0.651. The minimum absolute atomic E-state index is 0.367. The van der Waals surface area contributed by atoms with Crippen molar-refractivity contribution < 1.29 is 4.42 Å². The summed E-state index contributed by atoms with van der Waals surface area (Å²) in [6.45, 7) is 2.36. The Balaban J connectivity index is 1.31. The molecule has 0 spiro atoms. The van der Waals surface area contributed by atoms with Crippen molar-refractivity contribution in [2.45, 2.75) is 19.3 Å². The lowest BCUT2D eigenvalue weighted by Gasteiger charge is -2.19. The highest BCUT2D eigenvalue weighted by molar-refractivity contribution is 7.27. The highest BCUT2D eigenvalue weighted by Gasteiger charge is 2.28. The molecule has 11 aromatic rings. The number of rotatable bonds is 2. The summed E-state index contributed by atoms with van der Waals surface area (Å²) in [4.78, 5) is 10.9. The smallest absolute Gasteiger partial charge is 0.238 e. The molecule has 0 aliphatic heterocycles. The average molecular weight is 684 g/mol. The van der Waals surface area contributed by atoms with Crippen LogP contribution in [0.25, 0.3) is 109 Å². The first kappa shape index (κ1) is 28.4. The Morgan fingerprint density at radius 2 is 1.42 bits per heavy atom. The van der Waals surface area contributed by atoms with Crippen LogP contribution in [0.2, 0.25) is 0 Å². The first-order valence-corrected chi connectivity index (χ1v) is 18.7. The second kappa shape index (κ2) is 10.4. The average Bonchev–Trinajstić information content (AvgIpc) is 3.87. The van der Waals surface area contributed by atoms with E-state index in [1.807, 2.05) is 23.5 Å². The molecule has 4 nitrogen and oxygen atoms in total. The Bertz CT molecular complexity index is 3360. The molecule has 0 bridgehead atoms. The lowest BCUT2D eigenvalue weighted by atomic mass is 9.84. The van der Waals surface area contributed by atoms with E-state index in [4.69, 9.17) is 14.4 Å². The molecule has 1 aliphatic carbocycles. The van der Waals surface area contributed by atoms with Crippen molar-refractivity contribution in [3.8, 4) is 17.2 Å². The Labute approximate surface area is 301 Å². The Morgan fingerprint density at radius 3 is 2.31 bits per heavy atom. The van der Waals surface area contributed by atoms with Crippen LogP contribution in [0.5, 0.6) is 0 Å². The number of nitrogens with zero attached hydrogens (tertiary/aromatic N) is 3. The maximum Gasteiger partial charge on any atom is 0.238 e. The predicted octanol–water partition coefficient (Wildman–Crippen LogP) is 13.3. The van der Waals surface area contributed by atoms with Gasteiger partial charge < -0.3 is 4.42 Å². The molecule has 0 saturated carbocycles. The quantitative estimate of drug-likeness (QED) is 0.182. The molecule has 52 heavy (non-hydrogen) atoms. The number of hydrogen-bond acceptors (Lipinski definition) is 4. The summed E-state index contributed by atoms with van der Waals surface area (Å²) in [6.07, 6.45) is 5.62. The zero-order valence-electron chi connectivity index (χ0n) is 28.2. The minimum Gasteiger partial charge on any atom is -0.437 e. The van der Waals surface area contributed by atoms with E-state index < -0.39 is 0 Å². The van der Waals surface area contributed by atoms with Crippen LogP contribution in [0.3, 0.4) is 0 Å². The highest BCUT2D eigenvalue weighted by atomic mass is 32.1. The van der Waals surface area contributed by atoms with E-state index in [0.717, 1.165) is 45.1 Å². The second-order valence-corrected chi connectivity index (χ2v) is 15.2. The minimum atomic E-state index is 0.367. The van der Waals surface area contributed by atoms with Gasteiger partial charge in [0.05, 0.1) is 26.8 Å². The molecule has 0 saturated heterocycles. The molecule has 4 aromatic heterocycles. The zero-order chi connectivity index (χ0) is 34.1. The van der Waals surface area contributed by atoms with E-state index in [1.54, 1.807) is 0 Å². The van der Waals surface area contributed by atoms with Crippen molar-refractivity contribution in [3.05, 3.63) is 145 Å². The molecule has 244 valence electrons. The summed E-state index contributed by atoms with van der Waals surface area (Å²) in [5.74, 6) is 0.981. The Morgan fingerprint density at radius 1 is 0.673 bits per heavy atom. The van der Waals surface area contributed by atoms with Gasteiger partial charge in [-0.2, -0.15) is 4.98 Å². The number of thiophene rings is 1. The number of para-hydroxylation sites is 1. The van der Waals surface area contributed by atoms with Crippen LogP contribution in [0.4, 0.5) is 0 Å². The van der Waals surface area contributed by atoms with Crippen LogP contribution in [0.1, 0.15) is 30.4 Å². The standard InChI is InChI=1S/C47H29N3OS/c1-26-11-10-14-28-23-24-35-42(38(26)28)40-32-16-5-4-15-31(32)39-34-18-7-9-20-37(34)52-45(39)44(40)50(35)47-48-43(30-22-21-27-12-2-3-13-29(27)25-30)41-33-17-6-8-19-36(33)51-46(41)49-47/h2-10,12-26H,11H2,1H3. The van der Waals surface area contributed by atoms with Gasteiger partial charge in [0, 0.05) is 37.2 Å². The normalized spacial score (nSPS) is 14.7. The van der Waals surface area contributed by atoms with Gasteiger partial charge in [-0.15, -0.1) is 11.3 Å². The molecule has 0 fully saturated rings. The summed E-state index contributed by atoms with van der Waals surface area (Å²) < 4.78 is 11.5. The van der Waals surface area contributed by atoms with Crippen LogP contribution in [-0.2, 0) is 0 Å². The van der Waals surface area contributed by atoms with Gasteiger partial charge in [0.15, 0.2) is 0 Å². The number of benzene rings is 7. The zero-order valence-corrected chi connectivity index (χ0v) is 29.0. The first-order valence-electron chi connectivity index (χ1n) is 17.9. The largest absolute Gasteiger partial charge is 0.437 e. The second-order valence-electron chi connectivity index (χ2n) is 14.1. The first-order chi connectivity index (χ1) is 25.7. The van der Waals surface area contributed by atoms with Crippen molar-refractivity contribution in [1.82, 2.24) is 14.5 Å². The maximum atomic E-state index is 6.61. The molecule has 4 heterocycles. The van der Waals surface area contributed by atoms with E-state index in [9.17, 15) is 0 Å². The van der Waals surface area contributed by atoms with Crippen molar-refractivity contribution in [1.29, 1.82) is 0 Å². The molecule has 1 unspecified atom stereocenters. The summed E-state index contributed by atoms with van der Waals surface area (Å²) in [6, 6.07) is 45.7. The van der Waals surface area contributed by atoms with E-state index in [-0.39, 0.29) is 0 Å². The molecule has 7 aromatic carbocycles. The van der Waals surface area contributed by atoms with Crippen LogP contribution < -0.4 is 0 Å². The number of furan rings is 1. The molecule has 5 heteroatoms. The number of fused-ring (bicyclic) bond motifs is 16. The van der Waals surface area contributed by atoms with Crippen molar-refractivity contribution in [2.75, 3.05) is 0 Å². The summed E-state index contributed by atoms with van der Waals surface area (Å²) in [5, 5.41) is 12.0. The van der Waals surface area contributed by atoms with Gasteiger partial charge in [-0.25, -0.2) is 4.98 Å². The van der Waals surface area contributed by atoms with Gasteiger partial charge in [0.25, 0.3) is 0 Å². The van der Waals surface area contributed by atoms with E-state index in [0.29, 0.717) is 17.6 Å². The third-order valence-corrected chi connectivity index (χ3v) is 12.4. The fraction of sp³-hybridized carbons (Fsp3) is 0.0638. The fourth-order valence-corrected chi connectivity index (χ4v) is 10.2. The Kier molecular flexibility index (Phi) is 5.67. The predicted molar refractivity (Wildman–Crippen MR) is 219 cm³/mol. The van der Waals surface area contributed by atoms with Crippen LogP contribution in [0.15, 0.2) is 138 Å². The third-order valence-electron chi connectivity index (χ3n) is 11.2. The van der Waals surface area contributed by atoms with Gasteiger partial charge in [0.1, 0.15) is 5.58 Å². The molecule has 0 radical (unpaired) electrons. The topological polar surface area (TPSA) is 43.9 Å². The van der Waals surface area contributed by atoms with Crippen molar-refractivity contribution >= 4 is 103 Å². The third kappa shape index (κ3) is 3.75. The summed E-state index contributed by atoms with van der Waals surface area (Å²) in [7, 11) is 0. The van der Waals surface area contributed by atoms with Gasteiger partial charge >= 0.3 is 0 Å². The molecule has 1 atom stereocenters. The van der Waals surface area contributed by atoms with Crippen LogP contribution in [-0.4, -0.2) is 14.5 Å². The summed E-state index contributed by atoms with van der Waals surface area (Å²) in [5.41, 5.74) is 8.26. The van der Waals surface area contributed by atoms with Gasteiger partial charge in [-0.1, -0.05) is 122 Å². The van der Waals surface area contributed by atoms with Crippen molar-refractivity contribution in [3.63, 3.8) is 0 Å². The maximum absolute atomic E-state index is 6.61. The molecular formula is C47H29N3OS. The van der Waals surface area contributed by atoms with Gasteiger partial charge in [-0.3, -0.25) is 4.57 Å². The summed E-state index contributed by atoms with van der Waals surface area (Å²) >= 11 is 1.86. The monoisotopic (exact) mass is 683 g/mol.